The van der Waals surface area contributed by atoms with Crippen LogP contribution in [0.25, 0.3) is 0 Å². The number of hydrogen-bond donors (Lipinski definition) is 2. The molecule has 4 atom stereocenters. The Kier molecular flexibility index (Phi) is 7.12. The summed E-state index contributed by atoms with van der Waals surface area (Å²) in [5.41, 5.74) is 0.613. The summed E-state index contributed by atoms with van der Waals surface area (Å²) in [6.45, 7) is 0.245. The Balaban J connectivity index is 1.05. The number of fused-ring (bicyclic) bond motifs is 1. The van der Waals surface area contributed by atoms with Gasteiger partial charge < -0.3 is 24.3 Å². The number of halogens is 4. The number of aromatic nitrogens is 2. The van der Waals surface area contributed by atoms with Crippen LogP contribution in [0.1, 0.15) is 74.0 Å². The first-order chi connectivity index (χ1) is 17.1. The SMILES string of the molecule is O=C(C[C@H]1C[C@@H](O)c2cc(Cl)ccc2O1)N[C@@H]1CC[C@@H](c2nnc([C@H]3C[C@@H](OC(F)(F)F)C3)o2)OC1. The van der Waals surface area contributed by atoms with Gasteiger partial charge in [-0.25, -0.2) is 0 Å². The number of carbonyl (C=O) groups is 1. The highest BCUT2D eigenvalue weighted by molar-refractivity contribution is 6.30. The van der Waals surface area contributed by atoms with Crippen LogP contribution >= 0.6 is 11.6 Å². The summed E-state index contributed by atoms with van der Waals surface area (Å²) in [6, 6.07) is 4.80. The average molecular weight is 532 g/mol. The van der Waals surface area contributed by atoms with Crippen LogP contribution in [0.15, 0.2) is 22.6 Å². The number of nitrogens with one attached hydrogen (secondary N) is 1. The van der Waals surface area contributed by atoms with Crippen LogP contribution in [-0.4, -0.2) is 52.4 Å². The molecular formula is C23H25ClF3N3O6. The largest absolute Gasteiger partial charge is 0.522 e. The summed E-state index contributed by atoms with van der Waals surface area (Å²) in [7, 11) is 0. The van der Waals surface area contributed by atoms with Crippen molar-refractivity contribution < 1.29 is 41.7 Å². The first-order valence-corrected chi connectivity index (χ1v) is 12.1. The van der Waals surface area contributed by atoms with Crippen molar-refractivity contribution in [1.29, 1.82) is 0 Å². The number of alkyl halides is 3. The molecule has 3 heterocycles. The molecule has 1 aromatic carbocycles. The predicted octanol–water partition coefficient (Wildman–Crippen LogP) is 4.12. The lowest BCUT2D eigenvalue weighted by Gasteiger charge is -2.33. The molecular weight excluding hydrogens is 507 g/mol. The van der Waals surface area contributed by atoms with E-state index < -0.39 is 30.8 Å². The van der Waals surface area contributed by atoms with E-state index in [1.165, 1.54) is 0 Å². The Bertz CT molecular complexity index is 1090. The highest BCUT2D eigenvalue weighted by Gasteiger charge is 2.43. The van der Waals surface area contributed by atoms with Crippen LogP contribution in [-0.2, 0) is 14.3 Å². The van der Waals surface area contributed by atoms with Crippen LogP contribution in [0.5, 0.6) is 5.75 Å². The third-order valence-electron chi connectivity index (χ3n) is 6.64. The number of benzene rings is 1. The molecule has 13 heteroatoms. The molecule has 1 amide bonds. The highest BCUT2D eigenvalue weighted by Crippen LogP contribution is 2.41. The molecule has 0 radical (unpaired) electrons. The summed E-state index contributed by atoms with van der Waals surface area (Å²) in [5, 5.41) is 21.8. The van der Waals surface area contributed by atoms with Crippen molar-refractivity contribution in [3.05, 3.63) is 40.6 Å². The standard InChI is InChI=1S/C23H25ClF3N3O6/c24-12-1-3-18-16(7-12)17(31)8-14(34-18)9-20(32)28-13-2-4-19(33-10-13)22-30-29-21(35-22)11-5-15(6-11)36-23(25,26)27/h1,3,7,11,13-15,17,19,31H,2,4-6,8-10H2,(H,28,32)/t11-,13-,14-,15+,17-,19+/m1/s1. The lowest BCUT2D eigenvalue weighted by atomic mass is 9.82. The van der Waals surface area contributed by atoms with Gasteiger partial charge in [0.05, 0.1) is 31.3 Å². The molecule has 36 heavy (non-hydrogen) atoms. The molecule has 2 fully saturated rings. The predicted molar refractivity (Wildman–Crippen MR) is 117 cm³/mol. The van der Waals surface area contributed by atoms with Gasteiger partial charge in [0.25, 0.3) is 0 Å². The topological polar surface area (TPSA) is 116 Å². The smallest absolute Gasteiger partial charge is 0.489 e. The number of aliphatic hydroxyl groups is 1. The minimum absolute atomic E-state index is 0.0898. The number of hydrogen-bond acceptors (Lipinski definition) is 8. The van der Waals surface area contributed by atoms with Gasteiger partial charge >= 0.3 is 6.36 Å². The zero-order chi connectivity index (χ0) is 25.4. The zero-order valence-electron chi connectivity index (χ0n) is 19.0. The summed E-state index contributed by atoms with van der Waals surface area (Å²) in [6.07, 6.45) is -5.34. The van der Waals surface area contributed by atoms with E-state index in [0.717, 1.165) is 0 Å². The Hall–Kier alpha value is -2.41. The van der Waals surface area contributed by atoms with E-state index in [-0.39, 0.29) is 61.9 Å². The van der Waals surface area contributed by atoms with E-state index >= 15 is 0 Å². The third kappa shape index (κ3) is 5.93. The Labute approximate surface area is 209 Å². The molecule has 0 unspecified atom stereocenters. The molecule has 9 nitrogen and oxygen atoms in total. The second kappa shape index (κ2) is 10.2. The van der Waals surface area contributed by atoms with Crippen molar-refractivity contribution in [2.45, 2.75) is 81.3 Å². The maximum atomic E-state index is 12.6. The van der Waals surface area contributed by atoms with E-state index in [0.29, 0.717) is 29.2 Å². The molecule has 5 rings (SSSR count). The van der Waals surface area contributed by atoms with Crippen molar-refractivity contribution >= 4 is 17.5 Å². The van der Waals surface area contributed by atoms with Gasteiger partial charge in [0.15, 0.2) is 0 Å². The van der Waals surface area contributed by atoms with Crippen molar-refractivity contribution in [3.63, 3.8) is 0 Å². The summed E-state index contributed by atoms with van der Waals surface area (Å²) in [4.78, 5) is 12.6. The molecule has 2 N–H and O–H groups in total. The Morgan fingerprint density at radius 3 is 2.69 bits per heavy atom. The second-order valence-electron chi connectivity index (χ2n) is 9.37. The van der Waals surface area contributed by atoms with Gasteiger partial charge in [0, 0.05) is 22.9 Å². The molecule has 1 saturated heterocycles. The zero-order valence-corrected chi connectivity index (χ0v) is 19.8. The molecule has 196 valence electrons. The first kappa shape index (κ1) is 25.2. The van der Waals surface area contributed by atoms with E-state index in [2.05, 4.69) is 20.3 Å². The number of ether oxygens (including phenoxy) is 3. The fourth-order valence-electron chi connectivity index (χ4n) is 4.76. The first-order valence-electron chi connectivity index (χ1n) is 11.8. The summed E-state index contributed by atoms with van der Waals surface area (Å²) < 4.78 is 58.1. The molecule has 1 aromatic heterocycles. The minimum atomic E-state index is -4.65. The van der Waals surface area contributed by atoms with Crippen LogP contribution < -0.4 is 10.1 Å². The Morgan fingerprint density at radius 2 is 1.97 bits per heavy atom. The molecule has 2 aliphatic heterocycles. The van der Waals surface area contributed by atoms with E-state index in [1.807, 2.05) is 0 Å². The molecule has 3 aliphatic rings. The third-order valence-corrected chi connectivity index (χ3v) is 6.88. The maximum Gasteiger partial charge on any atom is 0.522 e. The van der Waals surface area contributed by atoms with Crippen LogP contribution in [0.3, 0.4) is 0 Å². The molecule has 0 bridgehead atoms. The van der Waals surface area contributed by atoms with Crippen molar-refractivity contribution in [2.24, 2.45) is 0 Å². The molecule has 1 aliphatic carbocycles. The number of aliphatic hydroxyl groups excluding tert-OH is 1. The van der Waals surface area contributed by atoms with Crippen LogP contribution in [0.4, 0.5) is 13.2 Å². The number of carbonyl (C=O) groups excluding carboxylic acids is 1. The van der Waals surface area contributed by atoms with Gasteiger partial charge in [-0.15, -0.1) is 23.4 Å². The van der Waals surface area contributed by atoms with Gasteiger partial charge in [-0.2, -0.15) is 0 Å². The van der Waals surface area contributed by atoms with Crippen LogP contribution in [0.2, 0.25) is 5.02 Å². The van der Waals surface area contributed by atoms with Crippen molar-refractivity contribution in [3.8, 4) is 5.75 Å². The van der Waals surface area contributed by atoms with Gasteiger partial charge in [-0.1, -0.05) is 11.6 Å². The molecule has 1 saturated carbocycles. The lowest BCUT2D eigenvalue weighted by molar-refractivity contribution is -0.352. The van der Waals surface area contributed by atoms with Gasteiger partial charge in [0.1, 0.15) is 18.0 Å². The van der Waals surface area contributed by atoms with E-state index in [9.17, 15) is 23.1 Å². The van der Waals surface area contributed by atoms with Gasteiger partial charge in [0.2, 0.25) is 17.7 Å². The normalized spacial score (nSPS) is 30.1. The van der Waals surface area contributed by atoms with E-state index in [4.69, 9.17) is 25.5 Å². The van der Waals surface area contributed by atoms with Crippen LogP contribution in [0, 0.1) is 0 Å². The lowest BCUT2D eigenvalue weighted by Crippen LogP contribution is -2.43. The van der Waals surface area contributed by atoms with Crippen molar-refractivity contribution in [1.82, 2.24) is 15.5 Å². The quantitative estimate of drug-likeness (QED) is 0.572. The number of amides is 1. The fraction of sp³-hybridized carbons (Fsp3) is 0.609. The van der Waals surface area contributed by atoms with Crippen molar-refractivity contribution in [2.75, 3.05) is 6.61 Å². The highest BCUT2D eigenvalue weighted by atomic mass is 35.5. The van der Waals surface area contributed by atoms with Gasteiger partial charge in [-0.05, 0) is 43.9 Å². The average Bonchev–Trinajstić information content (AvgIpc) is 3.26. The monoisotopic (exact) mass is 531 g/mol. The van der Waals surface area contributed by atoms with E-state index in [1.54, 1.807) is 18.2 Å². The molecule has 0 spiro atoms. The number of rotatable bonds is 6. The Morgan fingerprint density at radius 1 is 1.19 bits per heavy atom. The fourth-order valence-corrected chi connectivity index (χ4v) is 4.94. The second-order valence-corrected chi connectivity index (χ2v) is 9.81. The number of nitrogens with zero attached hydrogens (tertiary/aromatic N) is 2. The molecule has 2 aromatic rings. The van der Waals surface area contributed by atoms with Gasteiger partial charge in [-0.3, -0.25) is 9.53 Å². The summed E-state index contributed by atoms with van der Waals surface area (Å²) >= 11 is 5.97. The minimum Gasteiger partial charge on any atom is -0.489 e. The summed E-state index contributed by atoms with van der Waals surface area (Å²) in [5.74, 6) is 0.600. The maximum absolute atomic E-state index is 12.6.